The van der Waals surface area contributed by atoms with Crippen LogP contribution in [0.25, 0.3) is 33.6 Å². The molecule has 2 aliphatic heterocycles. The van der Waals surface area contributed by atoms with E-state index in [1.165, 1.54) is 14.2 Å². The fourth-order valence-corrected chi connectivity index (χ4v) is 12.5. The molecule has 0 radical (unpaired) electrons. The number of halogens is 4. The Kier molecular flexibility index (Phi) is 10.3. The summed E-state index contributed by atoms with van der Waals surface area (Å²) in [5, 5.41) is 5.38. The smallest absolute Gasteiger partial charge is 0.407 e. The van der Waals surface area contributed by atoms with Crippen LogP contribution in [0.15, 0.2) is 60.9 Å². The maximum Gasteiger partial charge on any atom is 0.407 e. The summed E-state index contributed by atoms with van der Waals surface area (Å²) in [7, 11) is 2.44. The van der Waals surface area contributed by atoms with Crippen molar-refractivity contribution >= 4 is 24.0 Å². The number of aromatic nitrogens is 4. The van der Waals surface area contributed by atoms with Gasteiger partial charge in [0.15, 0.2) is 0 Å². The first-order valence-electron chi connectivity index (χ1n) is 23.5. The van der Waals surface area contributed by atoms with Crippen molar-refractivity contribution in [2.45, 2.75) is 107 Å². The van der Waals surface area contributed by atoms with Gasteiger partial charge in [-0.1, -0.05) is 55.5 Å². The molecule has 5 unspecified atom stereocenters. The number of aromatic amines is 2. The van der Waals surface area contributed by atoms with Gasteiger partial charge in [-0.05, 0) is 97.8 Å². The number of alkyl halides is 4. The predicted molar refractivity (Wildman–Crippen MR) is 234 cm³/mol. The van der Waals surface area contributed by atoms with Crippen molar-refractivity contribution in [3.63, 3.8) is 0 Å². The number of amides is 4. The lowest BCUT2D eigenvalue weighted by atomic mass is 9.92. The van der Waals surface area contributed by atoms with E-state index >= 15 is 0 Å². The molecule has 2 aromatic heterocycles. The van der Waals surface area contributed by atoms with Gasteiger partial charge >= 0.3 is 12.2 Å². The van der Waals surface area contributed by atoms with Crippen LogP contribution in [0.1, 0.15) is 82.5 Å². The van der Waals surface area contributed by atoms with Crippen LogP contribution in [-0.2, 0) is 19.1 Å². The molecule has 7 aliphatic rings. The minimum atomic E-state index is -2.70. The third-order valence-corrected chi connectivity index (χ3v) is 16.7. The average Bonchev–Trinajstić information content (AvgIpc) is 3.87. The largest absolute Gasteiger partial charge is 0.453 e. The molecular formula is C49H54F4N8O6. The molecule has 14 nitrogen and oxygen atoms in total. The Hall–Kier alpha value is -5.94. The quantitative estimate of drug-likeness (QED) is 0.109. The molecule has 5 aliphatic carbocycles. The number of ether oxygens (including phenoxy) is 2. The van der Waals surface area contributed by atoms with Crippen LogP contribution in [0.5, 0.6) is 0 Å². The van der Waals surface area contributed by atoms with Crippen LogP contribution >= 0.6 is 0 Å². The van der Waals surface area contributed by atoms with Crippen LogP contribution in [0.3, 0.4) is 0 Å². The lowest BCUT2D eigenvalue weighted by molar-refractivity contribution is -0.138. The Labute approximate surface area is 384 Å². The molecule has 4 amide bonds. The fourth-order valence-electron chi connectivity index (χ4n) is 12.5. The van der Waals surface area contributed by atoms with E-state index in [9.17, 15) is 36.7 Å². The van der Waals surface area contributed by atoms with E-state index in [1.807, 2.05) is 60.4 Å². The number of benzene rings is 2. The second-order valence-electron chi connectivity index (χ2n) is 20.3. The van der Waals surface area contributed by atoms with Crippen LogP contribution in [-0.4, -0.2) is 104 Å². The van der Waals surface area contributed by atoms with Gasteiger partial charge < -0.3 is 39.9 Å². The zero-order valence-electron chi connectivity index (χ0n) is 37.6. The zero-order valence-corrected chi connectivity index (χ0v) is 37.6. The van der Waals surface area contributed by atoms with Crippen molar-refractivity contribution < 1.29 is 46.2 Å². The summed E-state index contributed by atoms with van der Waals surface area (Å²) in [4.78, 5) is 73.3. The summed E-state index contributed by atoms with van der Waals surface area (Å²) in [6, 6.07) is 13.2. The second-order valence-corrected chi connectivity index (χ2v) is 20.3. The summed E-state index contributed by atoms with van der Waals surface area (Å²) in [6.45, 7) is 4.03. The van der Waals surface area contributed by atoms with Gasteiger partial charge in [-0.15, -0.1) is 0 Å². The van der Waals surface area contributed by atoms with E-state index in [-0.39, 0.29) is 61.5 Å². The lowest BCUT2D eigenvalue weighted by Crippen LogP contribution is -2.54. The maximum atomic E-state index is 14.4. The van der Waals surface area contributed by atoms with Crippen LogP contribution in [0, 0.1) is 47.3 Å². The highest BCUT2D eigenvalue weighted by Crippen LogP contribution is 2.67. The van der Waals surface area contributed by atoms with Crippen molar-refractivity contribution in [2.24, 2.45) is 47.3 Å². The number of imidazole rings is 2. The van der Waals surface area contributed by atoms with Gasteiger partial charge in [0.1, 0.15) is 23.7 Å². The number of carbonyl (C=O) groups is 4. The number of nitrogens with one attached hydrogen (secondary N) is 4. The molecule has 67 heavy (non-hydrogen) atoms. The molecule has 18 heteroatoms. The molecule has 4 heterocycles. The minimum Gasteiger partial charge on any atom is -0.453 e. The number of rotatable bonds is 11. The summed E-state index contributed by atoms with van der Waals surface area (Å²) in [5.41, 5.74) is 5.31. The van der Waals surface area contributed by atoms with E-state index in [2.05, 4.69) is 27.5 Å². The Morgan fingerprint density at radius 3 is 1.45 bits per heavy atom. The van der Waals surface area contributed by atoms with Gasteiger partial charge in [0.05, 0.1) is 50.1 Å². The van der Waals surface area contributed by atoms with Gasteiger partial charge in [0, 0.05) is 35.8 Å². The Balaban J connectivity index is 0.756. The number of carbonyl (C=O) groups excluding carboxylic acids is 4. The molecule has 14 atom stereocenters. The predicted octanol–water partition coefficient (Wildman–Crippen LogP) is 8.13. The Morgan fingerprint density at radius 2 is 1.01 bits per heavy atom. The minimum absolute atomic E-state index is 0.0130. The number of likely N-dealkylation sites (tertiary alicyclic amines) is 2. The van der Waals surface area contributed by atoms with E-state index in [4.69, 9.17) is 19.4 Å². The molecule has 354 valence electrons. The van der Waals surface area contributed by atoms with E-state index < -0.39 is 77.7 Å². The van der Waals surface area contributed by atoms with E-state index in [1.54, 1.807) is 17.3 Å². The van der Waals surface area contributed by atoms with Crippen molar-refractivity contribution in [3.8, 4) is 33.6 Å². The van der Waals surface area contributed by atoms with Gasteiger partial charge in [0.2, 0.25) is 11.8 Å². The normalized spacial score (nSPS) is 33.3. The average molecular weight is 927 g/mol. The number of alkyl carbamates (subject to hydrolysis) is 2. The summed E-state index contributed by atoms with van der Waals surface area (Å²) in [6.07, 6.45) is 4.89. The number of fused-ring (bicyclic) bond motifs is 3. The highest BCUT2D eigenvalue weighted by molar-refractivity contribution is 5.88. The first kappa shape index (κ1) is 43.6. The molecule has 0 bridgehead atoms. The molecule has 2 saturated heterocycles. The maximum absolute atomic E-state index is 14.4. The van der Waals surface area contributed by atoms with E-state index in [0.717, 1.165) is 46.5 Å². The standard InChI is InChI=1S/C49H54F4N8O6/c1-22-13-38(60(23(22)2)44(62)40(58-46(64)66-3)29-14-31-32(15-29)48(31,50)51)42-54-20-35(56-42)26-9-5-24(6-10-26)25-7-11-27(12-8-25)36-21-55-43(57-36)39-19-28-18-37(28)61(39)45(63)41(59-47(65)67-4)30-16-33-34(17-30)49(33,52)53/h5-12,20-23,28-34,37-41H,13-19H2,1-4H3,(H,54,56)(H,55,57)(H,58,64)(H,59,65)/t22-,23?,28-,29?,30?,31-,32+,33-,34+,37-,38+,39+,40?,41?/m1/s1. The number of hydrogen-bond donors (Lipinski definition) is 4. The number of piperidine rings is 1. The monoisotopic (exact) mass is 926 g/mol. The SMILES string of the molecule is COC(=O)NC(C(=O)N1C(C)[C@H](C)C[C@H]1c1ncc(-c2ccc(-c3ccc(-c4cnc([C@@H]5C[C@H]6C[C@H]6N5C(=O)C(NC(=O)OC)C5C[C@@H]6[C@H](C5)C6(F)F)[nH]4)cc3)cc2)[nH]1)C1C[C@@H]2[C@H](C1)C2(F)F. The number of H-pyrrole nitrogens is 2. The second kappa shape index (κ2) is 15.8. The lowest BCUT2D eigenvalue weighted by Gasteiger charge is -2.34. The summed E-state index contributed by atoms with van der Waals surface area (Å²) >= 11 is 0. The number of nitrogens with zero attached hydrogens (tertiary/aromatic N) is 4. The molecule has 5 saturated carbocycles. The van der Waals surface area contributed by atoms with Gasteiger partial charge in [-0.25, -0.2) is 37.1 Å². The van der Waals surface area contributed by atoms with Crippen molar-refractivity contribution in [3.05, 3.63) is 72.6 Å². The van der Waals surface area contributed by atoms with Crippen molar-refractivity contribution in [2.75, 3.05) is 14.2 Å². The van der Waals surface area contributed by atoms with Gasteiger partial charge in [0.25, 0.3) is 11.8 Å². The van der Waals surface area contributed by atoms with Crippen LogP contribution in [0.2, 0.25) is 0 Å². The topological polar surface area (TPSA) is 175 Å². The first-order valence-corrected chi connectivity index (χ1v) is 23.5. The molecule has 4 aromatic rings. The molecule has 7 fully saturated rings. The Bertz CT molecular complexity index is 2580. The number of methoxy groups -OCH3 is 2. The van der Waals surface area contributed by atoms with E-state index in [0.29, 0.717) is 24.0 Å². The summed E-state index contributed by atoms with van der Waals surface area (Å²) < 4.78 is 66.2. The summed E-state index contributed by atoms with van der Waals surface area (Å²) in [5.74, 6) is -8.12. The van der Waals surface area contributed by atoms with Crippen LogP contribution < -0.4 is 10.6 Å². The Morgan fingerprint density at radius 1 is 0.612 bits per heavy atom. The fraction of sp³-hybridized carbons (Fsp3) is 0.551. The first-order chi connectivity index (χ1) is 32.1. The molecule has 11 rings (SSSR count). The highest BCUT2D eigenvalue weighted by Gasteiger charge is 2.73. The molecule has 4 N–H and O–H groups in total. The third-order valence-electron chi connectivity index (χ3n) is 16.7. The third kappa shape index (κ3) is 7.34. The molecular weight excluding hydrogens is 873 g/mol. The highest BCUT2D eigenvalue weighted by atomic mass is 19.3. The molecule has 2 aromatic carbocycles. The zero-order chi connectivity index (χ0) is 46.8. The molecule has 0 spiro atoms. The van der Waals surface area contributed by atoms with Gasteiger partial charge in [-0.3, -0.25) is 9.59 Å². The number of hydrogen-bond acceptors (Lipinski definition) is 8. The van der Waals surface area contributed by atoms with Gasteiger partial charge in [-0.2, -0.15) is 0 Å². The van der Waals surface area contributed by atoms with Crippen LogP contribution in [0.4, 0.5) is 27.2 Å². The van der Waals surface area contributed by atoms with Crippen molar-refractivity contribution in [1.82, 2.24) is 40.4 Å². The van der Waals surface area contributed by atoms with Crippen molar-refractivity contribution in [1.29, 1.82) is 0 Å².